The number of nitrogens with two attached hydrogens (primary N) is 1. The third kappa shape index (κ3) is 6.36. The minimum atomic E-state index is -3.77. The van der Waals surface area contributed by atoms with Crippen molar-refractivity contribution in [3.63, 3.8) is 0 Å². The summed E-state index contributed by atoms with van der Waals surface area (Å²) in [5, 5.41) is 7.72. The van der Waals surface area contributed by atoms with Crippen LogP contribution in [0.25, 0.3) is 0 Å². The molecule has 1 atom stereocenters. The molecule has 0 heterocycles. The zero-order valence-corrected chi connectivity index (χ0v) is 16.4. The van der Waals surface area contributed by atoms with Gasteiger partial charge in [0.1, 0.15) is 5.75 Å². The molecule has 0 fully saturated rings. The molecule has 8 nitrogen and oxygen atoms in total. The maximum atomic E-state index is 12.0. The van der Waals surface area contributed by atoms with Crippen LogP contribution in [0.15, 0.2) is 53.4 Å². The van der Waals surface area contributed by atoms with Gasteiger partial charge < -0.3 is 14.8 Å². The Labute approximate surface area is 163 Å². The van der Waals surface area contributed by atoms with Crippen LogP contribution in [0.3, 0.4) is 0 Å². The lowest BCUT2D eigenvalue weighted by Crippen LogP contribution is -2.31. The molecule has 0 unspecified atom stereocenters. The lowest BCUT2D eigenvalue weighted by molar-refractivity contribution is -0.148. The minimum Gasteiger partial charge on any atom is -0.497 e. The molecule has 3 N–H and O–H groups in total. The molecule has 2 rings (SSSR count). The fraction of sp³-hybridized carbons (Fsp3) is 0.263. The lowest BCUT2D eigenvalue weighted by Gasteiger charge is -2.15. The van der Waals surface area contributed by atoms with Crippen molar-refractivity contribution in [2.24, 2.45) is 5.14 Å². The average molecular weight is 406 g/mol. The number of sulfonamides is 1. The zero-order chi connectivity index (χ0) is 20.7. The fourth-order valence-electron chi connectivity index (χ4n) is 2.46. The summed E-state index contributed by atoms with van der Waals surface area (Å²) in [5.41, 5.74) is 1.40. The summed E-state index contributed by atoms with van der Waals surface area (Å²) in [6.07, 6.45) is 0.0229. The van der Waals surface area contributed by atoms with Crippen molar-refractivity contribution in [3.05, 3.63) is 59.7 Å². The molecule has 2 aromatic carbocycles. The minimum absolute atomic E-state index is 0.0127. The Kier molecular flexibility index (Phi) is 7.13. The summed E-state index contributed by atoms with van der Waals surface area (Å²) in [6.45, 7) is 1.31. The highest BCUT2D eigenvalue weighted by Gasteiger charge is 2.14. The molecular formula is C19H22N2O6S. The number of esters is 1. The first-order valence-electron chi connectivity index (χ1n) is 8.39. The molecule has 0 bridgehead atoms. The number of hydrogen-bond donors (Lipinski definition) is 2. The van der Waals surface area contributed by atoms with Crippen molar-refractivity contribution in [2.45, 2.75) is 24.3 Å². The Morgan fingerprint density at radius 2 is 1.82 bits per heavy atom. The van der Waals surface area contributed by atoms with E-state index < -0.39 is 34.5 Å². The number of carbonyl (C=O) groups is 2. The van der Waals surface area contributed by atoms with Gasteiger partial charge in [-0.25, -0.2) is 13.6 Å². The molecule has 28 heavy (non-hydrogen) atoms. The Hall–Kier alpha value is -2.91. The molecule has 2 aromatic rings. The number of amides is 1. The predicted molar refractivity (Wildman–Crippen MR) is 102 cm³/mol. The van der Waals surface area contributed by atoms with E-state index in [1.807, 2.05) is 0 Å². The molecule has 0 aromatic heterocycles. The van der Waals surface area contributed by atoms with E-state index >= 15 is 0 Å². The lowest BCUT2D eigenvalue weighted by atomic mass is 10.1. The van der Waals surface area contributed by atoms with Crippen molar-refractivity contribution >= 4 is 21.9 Å². The highest BCUT2D eigenvalue weighted by atomic mass is 32.2. The summed E-state index contributed by atoms with van der Waals surface area (Å²) < 4.78 is 32.6. The van der Waals surface area contributed by atoms with Gasteiger partial charge in [-0.15, -0.1) is 0 Å². The number of benzene rings is 2. The van der Waals surface area contributed by atoms with Gasteiger partial charge in [0.05, 0.1) is 24.5 Å². The van der Waals surface area contributed by atoms with Gasteiger partial charge in [0.15, 0.2) is 6.61 Å². The molecule has 0 aliphatic carbocycles. The van der Waals surface area contributed by atoms with Crippen molar-refractivity contribution in [1.29, 1.82) is 0 Å². The van der Waals surface area contributed by atoms with Gasteiger partial charge in [0.25, 0.3) is 5.91 Å². The third-order valence-corrected chi connectivity index (χ3v) is 4.86. The number of rotatable bonds is 8. The van der Waals surface area contributed by atoms with Gasteiger partial charge in [-0.05, 0) is 42.3 Å². The largest absolute Gasteiger partial charge is 0.497 e. The maximum absolute atomic E-state index is 12.0. The molecule has 0 aliphatic heterocycles. The SMILES string of the molecule is COc1cccc(CC(=O)OCC(=O)N[C@@H](C)c2ccc(S(N)(=O)=O)cc2)c1. The molecular weight excluding hydrogens is 384 g/mol. The first-order chi connectivity index (χ1) is 13.2. The van der Waals surface area contributed by atoms with Crippen LogP contribution in [0, 0.1) is 0 Å². The molecule has 150 valence electrons. The van der Waals surface area contributed by atoms with Gasteiger partial charge in [0, 0.05) is 0 Å². The van der Waals surface area contributed by atoms with Gasteiger partial charge in [-0.1, -0.05) is 24.3 Å². The van der Waals surface area contributed by atoms with Gasteiger partial charge in [-0.3, -0.25) is 9.59 Å². The van der Waals surface area contributed by atoms with Gasteiger partial charge in [0.2, 0.25) is 10.0 Å². The molecule has 0 saturated heterocycles. The summed E-state index contributed by atoms with van der Waals surface area (Å²) in [7, 11) is -2.24. The topological polar surface area (TPSA) is 125 Å². The second-order valence-electron chi connectivity index (χ2n) is 6.09. The fourth-order valence-corrected chi connectivity index (χ4v) is 2.97. The molecule has 0 aliphatic rings. The number of carbonyl (C=O) groups excluding carboxylic acids is 2. The third-order valence-electron chi connectivity index (χ3n) is 3.93. The van der Waals surface area contributed by atoms with Crippen molar-refractivity contribution in [1.82, 2.24) is 5.32 Å². The Bertz CT molecular complexity index is 941. The molecule has 0 radical (unpaired) electrons. The highest BCUT2D eigenvalue weighted by molar-refractivity contribution is 7.89. The van der Waals surface area contributed by atoms with E-state index in [4.69, 9.17) is 14.6 Å². The zero-order valence-electron chi connectivity index (χ0n) is 15.5. The van der Waals surface area contributed by atoms with E-state index in [0.29, 0.717) is 16.9 Å². The van der Waals surface area contributed by atoms with E-state index in [0.717, 1.165) is 0 Å². The van der Waals surface area contributed by atoms with Crippen molar-refractivity contribution < 1.29 is 27.5 Å². The van der Waals surface area contributed by atoms with Crippen LogP contribution in [0.5, 0.6) is 5.75 Å². The molecule has 9 heteroatoms. The van der Waals surface area contributed by atoms with E-state index in [2.05, 4.69) is 5.32 Å². The number of methoxy groups -OCH3 is 1. The second-order valence-corrected chi connectivity index (χ2v) is 7.65. The van der Waals surface area contributed by atoms with Crippen molar-refractivity contribution in [3.8, 4) is 5.75 Å². The van der Waals surface area contributed by atoms with E-state index in [1.54, 1.807) is 43.3 Å². The van der Waals surface area contributed by atoms with Crippen LogP contribution >= 0.6 is 0 Å². The number of nitrogens with one attached hydrogen (secondary N) is 1. The highest BCUT2D eigenvalue weighted by Crippen LogP contribution is 2.16. The van der Waals surface area contributed by atoms with E-state index in [1.165, 1.54) is 19.2 Å². The number of hydrogen-bond acceptors (Lipinski definition) is 6. The van der Waals surface area contributed by atoms with Crippen molar-refractivity contribution in [2.75, 3.05) is 13.7 Å². The summed E-state index contributed by atoms with van der Waals surface area (Å²) in [5.74, 6) is -0.374. The van der Waals surface area contributed by atoms with Gasteiger partial charge in [-0.2, -0.15) is 0 Å². The summed E-state index contributed by atoms with van der Waals surface area (Å²) in [6, 6.07) is 12.4. The second kappa shape index (κ2) is 9.34. The number of ether oxygens (including phenoxy) is 2. The van der Waals surface area contributed by atoms with E-state index in [-0.39, 0.29) is 11.3 Å². The molecule has 1 amide bonds. The van der Waals surface area contributed by atoms with Crippen LogP contribution in [-0.4, -0.2) is 34.0 Å². The monoisotopic (exact) mass is 406 g/mol. The van der Waals surface area contributed by atoms with Gasteiger partial charge >= 0.3 is 5.97 Å². The first kappa shape index (κ1) is 21.4. The van der Waals surface area contributed by atoms with Crippen LogP contribution in [-0.2, 0) is 30.8 Å². The standard InChI is InChI=1S/C19H22N2O6S/c1-13(15-6-8-17(9-7-15)28(20,24)25)21-18(22)12-27-19(23)11-14-4-3-5-16(10-14)26-2/h3-10,13H,11-12H2,1-2H3,(H,21,22)(H2,20,24,25)/t13-/m0/s1. The quantitative estimate of drug-likeness (QED) is 0.637. The van der Waals surface area contributed by atoms with E-state index in [9.17, 15) is 18.0 Å². The average Bonchev–Trinajstić information content (AvgIpc) is 2.66. The van der Waals surface area contributed by atoms with Crippen LogP contribution in [0.2, 0.25) is 0 Å². The first-order valence-corrected chi connectivity index (χ1v) is 9.94. The van der Waals surface area contributed by atoms with Crippen LogP contribution in [0.1, 0.15) is 24.1 Å². The van der Waals surface area contributed by atoms with Crippen LogP contribution < -0.4 is 15.2 Å². The summed E-state index contributed by atoms with van der Waals surface area (Å²) >= 11 is 0. The Morgan fingerprint density at radius 1 is 1.14 bits per heavy atom. The van der Waals surface area contributed by atoms with Crippen LogP contribution in [0.4, 0.5) is 0 Å². The summed E-state index contributed by atoms with van der Waals surface area (Å²) in [4.78, 5) is 23.9. The smallest absolute Gasteiger partial charge is 0.310 e. The Balaban J connectivity index is 1.83. The number of primary sulfonamides is 1. The predicted octanol–water partition coefficient (Wildman–Crippen LogP) is 1.31. The normalized spacial score (nSPS) is 12.1. The Morgan fingerprint density at radius 3 is 2.43 bits per heavy atom. The molecule has 0 spiro atoms. The maximum Gasteiger partial charge on any atom is 0.310 e. The molecule has 0 saturated carbocycles.